The summed E-state index contributed by atoms with van der Waals surface area (Å²) in [5.41, 5.74) is 0. The predicted octanol–water partition coefficient (Wildman–Crippen LogP) is 2.19. The lowest BCUT2D eigenvalue weighted by atomic mass is 10.2. The van der Waals surface area contributed by atoms with Crippen molar-refractivity contribution in [3.8, 4) is 5.75 Å². The summed E-state index contributed by atoms with van der Waals surface area (Å²) in [5, 5.41) is 5.55. The third-order valence-electron chi connectivity index (χ3n) is 2.79. The molecule has 0 bridgehead atoms. The summed E-state index contributed by atoms with van der Waals surface area (Å²) in [5.74, 6) is 0.996. The van der Waals surface area contributed by atoms with Gasteiger partial charge in [-0.15, -0.1) is 11.3 Å². The van der Waals surface area contributed by atoms with Crippen molar-refractivity contribution in [2.24, 2.45) is 0 Å². The maximum Gasteiger partial charge on any atom is 0.134 e. The van der Waals surface area contributed by atoms with Crippen LogP contribution in [0.2, 0.25) is 0 Å². The summed E-state index contributed by atoms with van der Waals surface area (Å²) in [4.78, 5) is 3.54. The highest BCUT2D eigenvalue weighted by atomic mass is 32.1. The Hall–Kier alpha value is -0.580. The van der Waals surface area contributed by atoms with Gasteiger partial charge in [0, 0.05) is 19.1 Å². The highest BCUT2D eigenvalue weighted by molar-refractivity contribution is 7.10. The fourth-order valence-electron chi connectivity index (χ4n) is 1.68. The van der Waals surface area contributed by atoms with E-state index in [0.717, 1.165) is 18.8 Å². The fraction of sp³-hybridized carbons (Fsp3) is 0.667. The number of hydrogen-bond donors (Lipinski definition) is 1. The third-order valence-corrected chi connectivity index (χ3v) is 3.69. The van der Waals surface area contributed by atoms with Gasteiger partial charge in [0.1, 0.15) is 5.75 Å². The van der Waals surface area contributed by atoms with Crippen LogP contribution in [0, 0.1) is 0 Å². The zero-order valence-corrected chi connectivity index (χ0v) is 11.4. The Bertz CT molecular complexity index is 299. The van der Waals surface area contributed by atoms with Gasteiger partial charge >= 0.3 is 0 Å². The van der Waals surface area contributed by atoms with Crippen molar-refractivity contribution in [2.45, 2.75) is 25.9 Å². The van der Waals surface area contributed by atoms with E-state index in [0.29, 0.717) is 6.04 Å². The van der Waals surface area contributed by atoms with Crippen molar-refractivity contribution in [3.63, 3.8) is 0 Å². The van der Waals surface area contributed by atoms with Crippen molar-refractivity contribution < 1.29 is 4.74 Å². The normalized spacial score (nSPS) is 13.1. The van der Waals surface area contributed by atoms with Crippen LogP contribution in [0.1, 0.15) is 18.2 Å². The van der Waals surface area contributed by atoms with E-state index in [1.807, 2.05) is 6.07 Å². The van der Waals surface area contributed by atoms with Crippen LogP contribution < -0.4 is 10.1 Å². The molecule has 1 rings (SSSR count). The highest BCUT2D eigenvalue weighted by Gasteiger charge is 2.09. The van der Waals surface area contributed by atoms with E-state index in [-0.39, 0.29) is 0 Å². The summed E-state index contributed by atoms with van der Waals surface area (Å²) in [6.07, 6.45) is 1.17. The molecule has 0 aliphatic carbocycles. The Morgan fingerprint density at radius 2 is 2.25 bits per heavy atom. The summed E-state index contributed by atoms with van der Waals surface area (Å²) in [6.45, 7) is 4.13. The molecule has 16 heavy (non-hydrogen) atoms. The Morgan fingerprint density at radius 1 is 1.50 bits per heavy atom. The number of thiophene rings is 1. The molecule has 4 heteroatoms. The van der Waals surface area contributed by atoms with Crippen molar-refractivity contribution in [1.82, 2.24) is 10.2 Å². The molecule has 0 aromatic carbocycles. The molecular weight excluding hydrogens is 220 g/mol. The second-order valence-corrected chi connectivity index (χ2v) is 5.07. The molecule has 1 aromatic heterocycles. The third kappa shape index (κ3) is 3.77. The summed E-state index contributed by atoms with van der Waals surface area (Å²) in [7, 11) is 5.98. The SMILES string of the molecule is CCC(CNCc1sccc1OC)N(C)C. The lowest BCUT2D eigenvalue weighted by Gasteiger charge is -2.23. The van der Waals surface area contributed by atoms with Gasteiger partial charge in [-0.3, -0.25) is 0 Å². The molecule has 0 spiro atoms. The number of nitrogens with one attached hydrogen (secondary N) is 1. The van der Waals surface area contributed by atoms with Crippen molar-refractivity contribution >= 4 is 11.3 Å². The van der Waals surface area contributed by atoms with E-state index in [4.69, 9.17) is 4.74 Å². The molecule has 1 unspecified atom stereocenters. The maximum absolute atomic E-state index is 5.28. The van der Waals surface area contributed by atoms with Crippen LogP contribution in [0.15, 0.2) is 11.4 Å². The van der Waals surface area contributed by atoms with Crippen LogP contribution in [-0.4, -0.2) is 38.7 Å². The molecular formula is C12H22N2OS. The minimum absolute atomic E-state index is 0.603. The molecule has 1 atom stereocenters. The van der Waals surface area contributed by atoms with E-state index in [1.54, 1.807) is 18.4 Å². The molecule has 1 N–H and O–H groups in total. The molecule has 0 aliphatic heterocycles. The molecule has 0 saturated carbocycles. The minimum atomic E-state index is 0.603. The zero-order chi connectivity index (χ0) is 12.0. The summed E-state index contributed by atoms with van der Waals surface area (Å²) in [6, 6.07) is 2.62. The summed E-state index contributed by atoms with van der Waals surface area (Å²) >= 11 is 1.74. The Kier molecular flexibility index (Phi) is 5.80. The second-order valence-electron chi connectivity index (χ2n) is 4.07. The minimum Gasteiger partial charge on any atom is -0.496 e. The van der Waals surface area contributed by atoms with E-state index in [9.17, 15) is 0 Å². The number of likely N-dealkylation sites (N-methyl/N-ethyl adjacent to an activating group) is 1. The van der Waals surface area contributed by atoms with Crippen LogP contribution in [-0.2, 0) is 6.54 Å². The van der Waals surface area contributed by atoms with Gasteiger partial charge in [-0.05, 0) is 32.0 Å². The molecule has 0 fully saturated rings. The van der Waals surface area contributed by atoms with Gasteiger partial charge in [-0.1, -0.05) is 6.92 Å². The van der Waals surface area contributed by atoms with Gasteiger partial charge in [0.15, 0.2) is 0 Å². The van der Waals surface area contributed by atoms with Crippen molar-refractivity contribution in [3.05, 3.63) is 16.3 Å². The van der Waals surface area contributed by atoms with Gasteiger partial charge in [-0.2, -0.15) is 0 Å². The quantitative estimate of drug-likeness (QED) is 0.793. The first-order chi connectivity index (χ1) is 7.69. The second kappa shape index (κ2) is 6.89. The van der Waals surface area contributed by atoms with Gasteiger partial charge in [0.25, 0.3) is 0 Å². The molecule has 0 amide bonds. The Morgan fingerprint density at radius 3 is 2.81 bits per heavy atom. The topological polar surface area (TPSA) is 24.5 Å². The number of methoxy groups -OCH3 is 1. The number of hydrogen-bond acceptors (Lipinski definition) is 4. The van der Waals surface area contributed by atoms with Crippen LogP contribution in [0.4, 0.5) is 0 Å². The summed E-state index contributed by atoms with van der Waals surface area (Å²) < 4.78 is 5.28. The Balaban J connectivity index is 2.35. The van der Waals surface area contributed by atoms with Crippen molar-refractivity contribution in [1.29, 1.82) is 0 Å². The first-order valence-electron chi connectivity index (χ1n) is 5.66. The van der Waals surface area contributed by atoms with Crippen LogP contribution in [0.5, 0.6) is 5.75 Å². The smallest absolute Gasteiger partial charge is 0.134 e. The van der Waals surface area contributed by atoms with Gasteiger partial charge < -0.3 is 15.0 Å². The van der Waals surface area contributed by atoms with E-state index >= 15 is 0 Å². The molecule has 1 aromatic rings. The highest BCUT2D eigenvalue weighted by Crippen LogP contribution is 2.23. The number of ether oxygens (including phenoxy) is 1. The van der Waals surface area contributed by atoms with Gasteiger partial charge in [-0.25, -0.2) is 0 Å². The van der Waals surface area contributed by atoms with Crippen LogP contribution in [0.3, 0.4) is 0 Å². The van der Waals surface area contributed by atoms with Crippen LogP contribution in [0.25, 0.3) is 0 Å². The van der Waals surface area contributed by atoms with Gasteiger partial charge in [0.05, 0.1) is 12.0 Å². The molecule has 92 valence electrons. The lowest BCUT2D eigenvalue weighted by Crippen LogP contribution is -2.37. The first-order valence-corrected chi connectivity index (χ1v) is 6.54. The lowest BCUT2D eigenvalue weighted by molar-refractivity contribution is 0.276. The molecule has 0 radical (unpaired) electrons. The first kappa shape index (κ1) is 13.5. The number of rotatable bonds is 7. The average molecular weight is 242 g/mol. The predicted molar refractivity (Wildman–Crippen MR) is 70.3 cm³/mol. The standard InChI is InChI=1S/C12H22N2OS/c1-5-10(14(2)3)8-13-9-12-11(15-4)6-7-16-12/h6-7,10,13H,5,8-9H2,1-4H3. The van der Waals surface area contributed by atoms with Gasteiger partial charge in [0.2, 0.25) is 0 Å². The van der Waals surface area contributed by atoms with E-state index in [1.165, 1.54) is 11.3 Å². The molecule has 3 nitrogen and oxygen atoms in total. The molecule has 1 heterocycles. The average Bonchev–Trinajstić information content (AvgIpc) is 2.71. The fourth-order valence-corrected chi connectivity index (χ4v) is 2.49. The van der Waals surface area contributed by atoms with E-state index in [2.05, 4.69) is 36.6 Å². The Labute approximate surface area is 102 Å². The van der Waals surface area contributed by atoms with Crippen molar-refractivity contribution in [2.75, 3.05) is 27.7 Å². The molecule has 0 aliphatic rings. The molecule has 0 saturated heterocycles. The van der Waals surface area contributed by atoms with E-state index < -0.39 is 0 Å². The largest absolute Gasteiger partial charge is 0.496 e. The zero-order valence-electron chi connectivity index (χ0n) is 10.6. The number of nitrogens with zero attached hydrogens (tertiary/aromatic N) is 1. The maximum atomic E-state index is 5.28. The monoisotopic (exact) mass is 242 g/mol. The van der Waals surface area contributed by atoms with Crippen LogP contribution >= 0.6 is 11.3 Å².